The number of halogens is 1. The van der Waals surface area contributed by atoms with Crippen molar-refractivity contribution in [3.8, 4) is 0 Å². The van der Waals surface area contributed by atoms with Crippen LogP contribution < -0.4 is 15.5 Å². The van der Waals surface area contributed by atoms with Crippen molar-refractivity contribution in [2.24, 2.45) is 0 Å². The summed E-state index contributed by atoms with van der Waals surface area (Å²) in [6.07, 6.45) is 0. The highest BCUT2D eigenvalue weighted by molar-refractivity contribution is 7.80. The molecule has 0 saturated carbocycles. The number of amides is 1. The Morgan fingerprint density at radius 3 is 2.76 bits per heavy atom. The average Bonchev–Trinajstić information content (AvgIpc) is 2.59. The summed E-state index contributed by atoms with van der Waals surface area (Å²) in [5.41, 5.74) is 1.94. The number of carbonyl (C=O) groups is 1. The van der Waals surface area contributed by atoms with Gasteiger partial charge in [-0.05, 0) is 36.8 Å². The van der Waals surface area contributed by atoms with E-state index in [-0.39, 0.29) is 5.91 Å². The number of aryl methyl sites for hydroxylation is 1. The third kappa shape index (κ3) is 6.43. The molecule has 1 fully saturated rings. The zero-order valence-corrected chi connectivity index (χ0v) is 16.3. The molecular formula is C17H26ClN4O2S+. The highest BCUT2D eigenvalue weighted by atomic mass is 35.5. The molecule has 3 N–H and O–H groups in total. The van der Waals surface area contributed by atoms with Crippen molar-refractivity contribution >= 4 is 40.5 Å². The number of methoxy groups -OCH3 is 1. The van der Waals surface area contributed by atoms with Gasteiger partial charge in [-0.3, -0.25) is 4.79 Å². The van der Waals surface area contributed by atoms with E-state index in [2.05, 4.69) is 15.5 Å². The van der Waals surface area contributed by atoms with Crippen molar-refractivity contribution in [3.05, 3.63) is 28.8 Å². The number of thiocarbonyl (C=S) groups is 1. The maximum Gasteiger partial charge on any atom is 0.275 e. The van der Waals surface area contributed by atoms with E-state index < -0.39 is 0 Å². The summed E-state index contributed by atoms with van der Waals surface area (Å²) in [5.74, 6) is 0.0653. The first-order chi connectivity index (χ1) is 12.0. The quantitative estimate of drug-likeness (QED) is 0.486. The second-order valence-electron chi connectivity index (χ2n) is 6.15. The molecule has 0 unspecified atom stereocenters. The van der Waals surface area contributed by atoms with Gasteiger partial charge in [-0.15, -0.1) is 0 Å². The fourth-order valence-electron chi connectivity index (χ4n) is 2.66. The first-order valence-electron chi connectivity index (χ1n) is 8.41. The van der Waals surface area contributed by atoms with Crippen LogP contribution in [0.15, 0.2) is 18.2 Å². The monoisotopic (exact) mass is 385 g/mol. The number of nitrogens with one attached hydrogen (secondary N) is 3. The molecule has 6 nitrogen and oxygen atoms in total. The minimum absolute atomic E-state index is 0.0653. The van der Waals surface area contributed by atoms with Gasteiger partial charge < -0.3 is 25.2 Å². The van der Waals surface area contributed by atoms with Crippen LogP contribution in [0, 0.1) is 6.92 Å². The molecule has 0 radical (unpaired) electrons. The van der Waals surface area contributed by atoms with E-state index in [1.165, 1.54) is 4.90 Å². The van der Waals surface area contributed by atoms with Gasteiger partial charge in [0.2, 0.25) is 0 Å². The normalized spacial score (nSPS) is 15.1. The molecule has 1 aliphatic rings. The Kier molecular flexibility index (Phi) is 7.90. The number of ether oxygens (including phenoxy) is 1. The summed E-state index contributed by atoms with van der Waals surface area (Å²) in [6, 6.07) is 5.83. The molecule has 0 spiro atoms. The van der Waals surface area contributed by atoms with Crippen LogP contribution >= 0.6 is 23.8 Å². The summed E-state index contributed by atoms with van der Waals surface area (Å²) < 4.78 is 4.93. The van der Waals surface area contributed by atoms with E-state index in [1.54, 1.807) is 7.11 Å². The molecule has 2 rings (SSSR count). The van der Waals surface area contributed by atoms with Crippen molar-refractivity contribution < 1.29 is 14.4 Å². The van der Waals surface area contributed by atoms with Crippen LogP contribution in [0.4, 0.5) is 5.69 Å². The number of quaternary nitrogens is 1. The van der Waals surface area contributed by atoms with Crippen molar-refractivity contribution in [2.75, 3.05) is 58.3 Å². The van der Waals surface area contributed by atoms with Gasteiger partial charge in [-0.2, -0.15) is 0 Å². The zero-order chi connectivity index (χ0) is 18.2. The van der Waals surface area contributed by atoms with Crippen LogP contribution in [0.1, 0.15) is 5.56 Å². The van der Waals surface area contributed by atoms with Crippen LogP contribution in [0.5, 0.6) is 0 Å². The fraction of sp³-hybridized carbons (Fsp3) is 0.529. The van der Waals surface area contributed by atoms with Gasteiger partial charge in [0.05, 0.1) is 32.8 Å². The van der Waals surface area contributed by atoms with E-state index in [0.29, 0.717) is 24.8 Å². The van der Waals surface area contributed by atoms with Gasteiger partial charge in [-0.25, -0.2) is 0 Å². The van der Waals surface area contributed by atoms with Crippen LogP contribution in [-0.4, -0.2) is 68.9 Å². The minimum atomic E-state index is 0.0653. The number of nitrogens with zero attached hydrogens (tertiary/aromatic N) is 1. The molecule has 1 amide bonds. The third-order valence-electron chi connectivity index (χ3n) is 4.22. The Bertz CT molecular complexity index is 606. The molecule has 0 aromatic heterocycles. The smallest absolute Gasteiger partial charge is 0.275 e. The number of benzene rings is 1. The summed E-state index contributed by atoms with van der Waals surface area (Å²) in [4.78, 5) is 15.3. The molecule has 1 aliphatic heterocycles. The molecule has 0 bridgehead atoms. The Hall–Kier alpha value is -1.41. The topological polar surface area (TPSA) is 58.0 Å². The zero-order valence-electron chi connectivity index (χ0n) is 14.7. The fourth-order valence-corrected chi connectivity index (χ4v) is 3.14. The Balaban J connectivity index is 1.74. The molecule has 1 aromatic rings. The summed E-state index contributed by atoms with van der Waals surface area (Å²) in [6.45, 7) is 6.98. The van der Waals surface area contributed by atoms with Gasteiger partial charge in [0.1, 0.15) is 0 Å². The highest BCUT2D eigenvalue weighted by Gasteiger charge is 2.23. The van der Waals surface area contributed by atoms with E-state index in [1.807, 2.05) is 25.1 Å². The number of anilines is 1. The van der Waals surface area contributed by atoms with Crippen molar-refractivity contribution in [1.29, 1.82) is 0 Å². The number of carbonyl (C=O) groups excluding carboxylic acids is 1. The van der Waals surface area contributed by atoms with Crippen molar-refractivity contribution in [1.82, 2.24) is 10.2 Å². The number of piperazine rings is 1. The lowest BCUT2D eigenvalue weighted by molar-refractivity contribution is -0.895. The minimum Gasteiger partial charge on any atom is -0.383 e. The third-order valence-corrected chi connectivity index (χ3v) is 4.99. The maximum absolute atomic E-state index is 11.9. The maximum atomic E-state index is 11.9. The van der Waals surface area contributed by atoms with Crippen LogP contribution in [-0.2, 0) is 9.53 Å². The van der Waals surface area contributed by atoms with E-state index in [9.17, 15) is 4.79 Å². The predicted molar refractivity (Wildman–Crippen MR) is 104 cm³/mol. The lowest BCUT2D eigenvalue weighted by Gasteiger charge is -2.33. The van der Waals surface area contributed by atoms with Gasteiger partial charge in [-0.1, -0.05) is 17.7 Å². The largest absolute Gasteiger partial charge is 0.383 e. The highest BCUT2D eigenvalue weighted by Crippen LogP contribution is 2.20. The summed E-state index contributed by atoms with van der Waals surface area (Å²) in [5, 5.41) is 7.52. The summed E-state index contributed by atoms with van der Waals surface area (Å²) in [7, 11) is 1.62. The lowest BCUT2D eigenvalue weighted by Crippen LogP contribution is -3.15. The second-order valence-corrected chi connectivity index (χ2v) is 6.94. The standard InChI is InChI=1S/C17H25ClN4O2S/c1-13-3-4-14(11-15(13)18)20-17(25)22-8-6-21(7-9-22)12-16(23)19-5-10-24-2/h3-4,11H,5-10,12H2,1-2H3,(H,19,23)(H,20,25)/p+1. The number of rotatable bonds is 6. The van der Waals surface area contributed by atoms with Crippen molar-refractivity contribution in [2.45, 2.75) is 6.92 Å². The molecule has 1 aromatic carbocycles. The van der Waals surface area contributed by atoms with E-state index >= 15 is 0 Å². The van der Waals surface area contributed by atoms with Gasteiger partial charge in [0.25, 0.3) is 5.91 Å². The van der Waals surface area contributed by atoms with Gasteiger partial charge in [0.15, 0.2) is 11.7 Å². The number of hydrogen-bond donors (Lipinski definition) is 3. The molecule has 0 atom stereocenters. The Labute approximate surface area is 159 Å². The first-order valence-corrected chi connectivity index (χ1v) is 9.19. The first kappa shape index (κ1) is 19.9. The molecule has 0 aliphatic carbocycles. The van der Waals surface area contributed by atoms with Crippen LogP contribution in [0.2, 0.25) is 5.02 Å². The molecular weight excluding hydrogens is 360 g/mol. The molecule has 1 heterocycles. The van der Waals surface area contributed by atoms with Crippen LogP contribution in [0.25, 0.3) is 0 Å². The van der Waals surface area contributed by atoms with Crippen LogP contribution in [0.3, 0.4) is 0 Å². The lowest BCUT2D eigenvalue weighted by atomic mass is 10.2. The second kappa shape index (κ2) is 9.91. The van der Waals surface area contributed by atoms with Gasteiger partial charge in [0, 0.05) is 24.4 Å². The Morgan fingerprint density at radius 1 is 1.40 bits per heavy atom. The van der Waals surface area contributed by atoms with Gasteiger partial charge >= 0.3 is 0 Å². The predicted octanol–water partition coefficient (Wildman–Crippen LogP) is 0.308. The molecule has 8 heteroatoms. The Morgan fingerprint density at radius 2 is 2.12 bits per heavy atom. The average molecular weight is 386 g/mol. The van der Waals surface area contributed by atoms with Crippen molar-refractivity contribution in [3.63, 3.8) is 0 Å². The molecule has 1 saturated heterocycles. The van der Waals surface area contributed by atoms with E-state index in [0.717, 1.165) is 42.5 Å². The van der Waals surface area contributed by atoms with E-state index in [4.69, 9.17) is 28.6 Å². The molecule has 25 heavy (non-hydrogen) atoms. The molecule has 138 valence electrons. The number of hydrogen-bond acceptors (Lipinski definition) is 3. The summed E-state index contributed by atoms with van der Waals surface area (Å²) >= 11 is 11.6. The SMILES string of the molecule is COCCNC(=O)C[NH+]1CCN(C(=S)Nc2ccc(C)c(Cl)c2)CC1.